The van der Waals surface area contributed by atoms with Gasteiger partial charge in [0.1, 0.15) is 11.4 Å². The summed E-state index contributed by atoms with van der Waals surface area (Å²) < 4.78 is 0. The van der Waals surface area contributed by atoms with Gasteiger partial charge in [0.05, 0.1) is 6.20 Å². The van der Waals surface area contributed by atoms with Gasteiger partial charge in [0.2, 0.25) is 0 Å². The van der Waals surface area contributed by atoms with Gasteiger partial charge in [0.25, 0.3) is 5.91 Å². The first-order valence-electron chi connectivity index (χ1n) is 6.28. The number of H-pyrrole nitrogens is 1. The van der Waals surface area contributed by atoms with Gasteiger partial charge in [-0.1, -0.05) is 26.7 Å². The van der Waals surface area contributed by atoms with Crippen LogP contribution in [0.15, 0.2) is 6.20 Å². The van der Waals surface area contributed by atoms with Crippen LogP contribution < -0.4 is 5.73 Å². The van der Waals surface area contributed by atoms with Crippen LogP contribution >= 0.6 is 0 Å². The second kappa shape index (κ2) is 6.93. The number of carbonyl (C=O) groups excluding carboxylic acids is 1. The normalized spacial score (nSPS) is 10.5. The number of nitrogens with two attached hydrogens (primary N) is 1. The molecule has 5 heteroatoms. The topological polar surface area (TPSA) is 75.0 Å². The summed E-state index contributed by atoms with van der Waals surface area (Å²) >= 11 is 0. The van der Waals surface area contributed by atoms with E-state index in [0.29, 0.717) is 11.4 Å². The Morgan fingerprint density at radius 3 is 2.35 bits per heavy atom. The first kappa shape index (κ1) is 13.5. The molecule has 0 saturated carbocycles. The van der Waals surface area contributed by atoms with E-state index in [2.05, 4.69) is 24.0 Å². The molecule has 96 valence electrons. The summed E-state index contributed by atoms with van der Waals surface area (Å²) in [4.78, 5) is 14.1. The monoisotopic (exact) mass is 238 g/mol. The Hall–Kier alpha value is -1.52. The summed E-state index contributed by atoms with van der Waals surface area (Å²) in [5, 5.41) is 6.39. The molecular weight excluding hydrogens is 216 g/mol. The van der Waals surface area contributed by atoms with Crippen LogP contribution in [-0.4, -0.2) is 34.1 Å². The smallest absolute Gasteiger partial charge is 0.259 e. The first-order valence-corrected chi connectivity index (χ1v) is 6.28. The predicted molar refractivity (Wildman–Crippen MR) is 68.7 cm³/mol. The molecule has 0 unspecified atom stereocenters. The van der Waals surface area contributed by atoms with Crippen LogP contribution in [0.4, 0.5) is 5.82 Å². The van der Waals surface area contributed by atoms with Crippen molar-refractivity contribution in [2.75, 3.05) is 18.8 Å². The molecule has 0 aliphatic carbocycles. The van der Waals surface area contributed by atoms with Gasteiger partial charge < -0.3 is 10.6 Å². The Bertz CT molecular complexity index is 340. The van der Waals surface area contributed by atoms with Crippen molar-refractivity contribution in [3.05, 3.63) is 11.8 Å². The van der Waals surface area contributed by atoms with Gasteiger partial charge in [0, 0.05) is 13.1 Å². The molecule has 1 heterocycles. The van der Waals surface area contributed by atoms with Gasteiger partial charge in [-0.05, 0) is 12.8 Å². The number of nitrogens with one attached hydrogen (secondary N) is 1. The van der Waals surface area contributed by atoms with Crippen molar-refractivity contribution < 1.29 is 4.79 Å². The summed E-state index contributed by atoms with van der Waals surface area (Å²) in [5.41, 5.74) is 6.15. The Morgan fingerprint density at radius 1 is 1.35 bits per heavy atom. The molecule has 0 aliphatic rings. The molecule has 3 N–H and O–H groups in total. The molecule has 0 spiro atoms. The second-order valence-electron chi connectivity index (χ2n) is 4.20. The number of nitrogens with zero attached hydrogens (tertiary/aromatic N) is 2. The molecule has 0 fully saturated rings. The van der Waals surface area contributed by atoms with E-state index in [1.807, 2.05) is 4.90 Å². The lowest BCUT2D eigenvalue weighted by molar-refractivity contribution is 0.0752. The van der Waals surface area contributed by atoms with E-state index in [1.165, 1.54) is 6.20 Å². The fraction of sp³-hybridized carbons (Fsp3) is 0.667. The molecule has 0 bridgehead atoms. The van der Waals surface area contributed by atoms with Gasteiger partial charge in [-0.3, -0.25) is 9.89 Å². The SMILES string of the molecule is CCCCN(CCCC)C(=O)c1cn[nH]c1N. The standard InChI is InChI=1S/C12H22N4O/c1-3-5-7-16(8-6-4-2)12(17)10-9-14-15-11(10)13/h9H,3-8H2,1-2H3,(H3,13,14,15). The Morgan fingerprint density at radius 2 is 1.94 bits per heavy atom. The summed E-state index contributed by atoms with van der Waals surface area (Å²) in [6.45, 7) is 5.82. The molecule has 0 aromatic carbocycles. The molecule has 0 saturated heterocycles. The molecule has 0 radical (unpaired) electrons. The van der Waals surface area contributed by atoms with E-state index in [4.69, 9.17) is 5.73 Å². The van der Waals surface area contributed by atoms with Crippen LogP contribution in [-0.2, 0) is 0 Å². The van der Waals surface area contributed by atoms with E-state index >= 15 is 0 Å². The number of aromatic nitrogens is 2. The molecule has 1 aromatic rings. The minimum atomic E-state index is -0.0156. The summed E-state index contributed by atoms with van der Waals surface area (Å²) in [7, 11) is 0. The van der Waals surface area contributed by atoms with Crippen molar-refractivity contribution in [3.63, 3.8) is 0 Å². The number of carbonyl (C=O) groups is 1. The lowest BCUT2D eigenvalue weighted by Crippen LogP contribution is -2.33. The van der Waals surface area contributed by atoms with E-state index in [9.17, 15) is 4.79 Å². The third-order valence-electron chi connectivity index (χ3n) is 2.75. The van der Waals surface area contributed by atoms with E-state index in [0.717, 1.165) is 38.8 Å². The van der Waals surface area contributed by atoms with E-state index in [-0.39, 0.29) is 5.91 Å². The van der Waals surface area contributed by atoms with Crippen LogP contribution in [0.1, 0.15) is 49.9 Å². The number of anilines is 1. The van der Waals surface area contributed by atoms with Gasteiger partial charge in [0.15, 0.2) is 0 Å². The van der Waals surface area contributed by atoms with Crippen molar-refractivity contribution in [3.8, 4) is 0 Å². The minimum absolute atomic E-state index is 0.0156. The molecule has 5 nitrogen and oxygen atoms in total. The maximum absolute atomic E-state index is 12.2. The zero-order valence-corrected chi connectivity index (χ0v) is 10.7. The van der Waals surface area contributed by atoms with Crippen LogP contribution in [0.2, 0.25) is 0 Å². The maximum Gasteiger partial charge on any atom is 0.259 e. The van der Waals surface area contributed by atoms with Crippen molar-refractivity contribution in [1.82, 2.24) is 15.1 Å². The molecule has 0 aliphatic heterocycles. The highest BCUT2D eigenvalue weighted by Gasteiger charge is 2.18. The van der Waals surface area contributed by atoms with Crippen molar-refractivity contribution in [2.24, 2.45) is 0 Å². The fourth-order valence-electron chi connectivity index (χ4n) is 1.65. The fourth-order valence-corrected chi connectivity index (χ4v) is 1.65. The van der Waals surface area contributed by atoms with Crippen molar-refractivity contribution >= 4 is 11.7 Å². The zero-order chi connectivity index (χ0) is 12.7. The summed E-state index contributed by atoms with van der Waals surface area (Å²) in [6, 6.07) is 0. The predicted octanol–water partition coefficient (Wildman–Crippen LogP) is 2.03. The average Bonchev–Trinajstić information content (AvgIpc) is 2.75. The number of aromatic amines is 1. The molecule has 1 amide bonds. The maximum atomic E-state index is 12.2. The number of rotatable bonds is 7. The van der Waals surface area contributed by atoms with Gasteiger partial charge >= 0.3 is 0 Å². The second-order valence-corrected chi connectivity index (χ2v) is 4.20. The number of unbranched alkanes of at least 4 members (excludes halogenated alkanes) is 2. The number of hydrogen-bond acceptors (Lipinski definition) is 3. The molecule has 1 aromatic heterocycles. The van der Waals surface area contributed by atoms with Crippen LogP contribution in [0.3, 0.4) is 0 Å². The average molecular weight is 238 g/mol. The molecule has 17 heavy (non-hydrogen) atoms. The highest BCUT2D eigenvalue weighted by atomic mass is 16.2. The van der Waals surface area contributed by atoms with Crippen LogP contribution in [0.25, 0.3) is 0 Å². The third kappa shape index (κ3) is 3.76. The Labute approximate surface area is 102 Å². The number of hydrogen-bond donors (Lipinski definition) is 2. The van der Waals surface area contributed by atoms with Crippen LogP contribution in [0.5, 0.6) is 0 Å². The zero-order valence-electron chi connectivity index (χ0n) is 10.7. The molecular formula is C12H22N4O. The van der Waals surface area contributed by atoms with E-state index < -0.39 is 0 Å². The lowest BCUT2D eigenvalue weighted by Gasteiger charge is -2.21. The van der Waals surface area contributed by atoms with Crippen molar-refractivity contribution in [1.29, 1.82) is 0 Å². The van der Waals surface area contributed by atoms with Crippen LogP contribution in [0, 0.1) is 0 Å². The highest BCUT2D eigenvalue weighted by Crippen LogP contribution is 2.11. The minimum Gasteiger partial charge on any atom is -0.383 e. The van der Waals surface area contributed by atoms with Gasteiger partial charge in [-0.2, -0.15) is 5.10 Å². The van der Waals surface area contributed by atoms with Gasteiger partial charge in [-0.25, -0.2) is 0 Å². The van der Waals surface area contributed by atoms with Crippen molar-refractivity contribution in [2.45, 2.75) is 39.5 Å². The highest BCUT2D eigenvalue weighted by molar-refractivity contribution is 5.98. The first-order chi connectivity index (χ1) is 8.20. The largest absolute Gasteiger partial charge is 0.383 e. The summed E-state index contributed by atoms with van der Waals surface area (Å²) in [6.07, 6.45) is 5.70. The third-order valence-corrected chi connectivity index (χ3v) is 2.75. The number of nitrogen functional groups attached to an aromatic ring is 1. The molecule has 0 atom stereocenters. The van der Waals surface area contributed by atoms with Gasteiger partial charge in [-0.15, -0.1) is 0 Å². The summed E-state index contributed by atoms with van der Waals surface area (Å²) in [5.74, 6) is 0.339. The lowest BCUT2D eigenvalue weighted by atomic mass is 10.2. The Kier molecular flexibility index (Phi) is 5.52. The van der Waals surface area contributed by atoms with E-state index in [1.54, 1.807) is 0 Å². The number of amides is 1. The molecule has 1 rings (SSSR count). The Balaban J connectivity index is 2.68. The quantitative estimate of drug-likeness (QED) is 0.763.